The van der Waals surface area contributed by atoms with E-state index in [1.165, 1.54) is 38.5 Å². The Morgan fingerprint density at radius 1 is 0.903 bits per heavy atom. The fourth-order valence-electron chi connectivity index (χ4n) is 6.64. The monoisotopic (exact) mass is 432 g/mol. The van der Waals surface area contributed by atoms with Crippen molar-refractivity contribution in [1.82, 2.24) is 0 Å². The van der Waals surface area contributed by atoms with Crippen LogP contribution in [0.15, 0.2) is 6.07 Å². The Morgan fingerprint density at radius 2 is 1.71 bits per heavy atom. The zero-order valence-electron chi connectivity index (χ0n) is 19.7. The number of hydrogen-bond acceptors (Lipinski definition) is 1. The van der Waals surface area contributed by atoms with Crippen LogP contribution < -0.4 is 0 Å². The Labute approximate surface area is 188 Å². The highest BCUT2D eigenvalue weighted by atomic mass is 19.2. The minimum atomic E-state index is -0.539. The number of unbranched alkanes of at least 4 members (excludes halogenated alkanes) is 3. The summed E-state index contributed by atoms with van der Waals surface area (Å²) in [5.41, 5.74) is 2.43. The molecule has 0 aromatic heterocycles. The number of halogens is 2. The topological polar surface area (TPSA) is 9.23 Å². The molecule has 1 nitrogen and oxygen atoms in total. The summed E-state index contributed by atoms with van der Waals surface area (Å²) >= 11 is 0. The van der Waals surface area contributed by atoms with Crippen LogP contribution in [0.25, 0.3) is 0 Å². The van der Waals surface area contributed by atoms with E-state index in [4.69, 9.17) is 4.74 Å². The molecule has 3 heteroatoms. The van der Waals surface area contributed by atoms with E-state index >= 15 is 4.39 Å². The lowest BCUT2D eigenvalue weighted by Crippen LogP contribution is -2.34. The molecule has 0 saturated heterocycles. The maximum absolute atomic E-state index is 15.1. The molecular weight excluding hydrogens is 390 g/mol. The van der Waals surface area contributed by atoms with Gasteiger partial charge in [-0.2, -0.15) is 0 Å². The Morgan fingerprint density at radius 3 is 2.52 bits per heavy atom. The molecule has 3 aliphatic rings. The zero-order valence-corrected chi connectivity index (χ0v) is 19.7. The highest BCUT2D eigenvalue weighted by Gasteiger charge is 2.38. The average Bonchev–Trinajstić information content (AvgIpc) is 2.80. The maximum atomic E-state index is 15.1. The van der Waals surface area contributed by atoms with Crippen LogP contribution in [-0.4, -0.2) is 12.7 Å². The molecule has 5 unspecified atom stereocenters. The van der Waals surface area contributed by atoms with E-state index in [-0.39, 0.29) is 5.92 Å². The molecule has 2 saturated carbocycles. The lowest BCUT2D eigenvalue weighted by molar-refractivity contribution is -0.0164. The van der Waals surface area contributed by atoms with E-state index in [1.807, 2.05) is 0 Å². The Balaban J connectivity index is 1.35. The molecule has 0 radical (unpaired) electrons. The van der Waals surface area contributed by atoms with Crippen LogP contribution in [0.5, 0.6) is 0 Å². The third kappa shape index (κ3) is 5.34. The van der Waals surface area contributed by atoms with Crippen molar-refractivity contribution in [3.05, 3.63) is 34.4 Å². The normalized spacial score (nSPS) is 30.6. The smallest absolute Gasteiger partial charge is 0.162 e. The molecule has 5 atom stereocenters. The first kappa shape index (κ1) is 23.2. The van der Waals surface area contributed by atoms with Gasteiger partial charge in [0, 0.05) is 6.61 Å². The van der Waals surface area contributed by atoms with Gasteiger partial charge in [-0.3, -0.25) is 0 Å². The van der Waals surface area contributed by atoms with Gasteiger partial charge in [0.25, 0.3) is 0 Å². The molecule has 3 aliphatic carbocycles. The second-order valence-corrected chi connectivity index (χ2v) is 10.6. The molecular formula is C28H42F2O. The third-order valence-electron chi connectivity index (χ3n) is 8.68. The van der Waals surface area contributed by atoms with Crippen molar-refractivity contribution in [2.45, 2.75) is 116 Å². The molecule has 0 heterocycles. The van der Waals surface area contributed by atoms with Gasteiger partial charge in [0.2, 0.25) is 0 Å². The summed E-state index contributed by atoms with van der Waals surface area (Å²) < 4.78 is 36.3. The van der Waals surface area contributed by atoms with Crippen LogP contribution in [0, 0.1) is 29.4 Å². The fraction of sp³-hybridized carbons (Fsp3) is 0.786. The highest BCUT2D eigenvalue weighted by Crippen LogP contribution is 2.48. The lowest BCUT2D eigenvalue weighted by Gasteiger charge is -2.42. The van der Waals surface area contributed by atoms with Crippen molar-refractivity contribution >= 4 is 0 Å². The van der Waals surface area contributed by atoms with Gasteiger partial charge < -0.3 is 4.74 Å². The summed E-state index contributed by atoms with van der Waals surface area (Å²) in [6, 6.07) is 2.05. The predicted molar refractivity (Wildman–Crippen MR) is 123 cm³/mol. The summed E-state index contributed by atoms with van der Waals surface area (Å²) in [4.78, 5) is 0. The van der Waals surface area contributed by atoms with Gasteiger partial charge in [-0.15, -0.1) is 0 Å². The Kier molecular flexibility index (Phi) is 8.06. The number of rotatable bonds is 8. The maximum Gasteiger partial charge on any atom is 0.162 e. The van der Waals surface area contributed by atoms with Crippen molar-refractivity contribution in [2.75, 3.05) is 6.61 Å². The molecule has 0 N–H and O–H groups in total. The van der Waals surface area contributed by atoms with Crippen LogP contribution >= 0.6 is 0 Å². The zero-order chi connectivity index (χ0) is 21.8. The van der Waals surface area contributed by atoms with E-state index in [2.05, 4.69) is 19.9 Å². The van der Waals surface area contributed by atoms with E-state index in [9.17, 15) is 4.39 Å². The second-order valence-electron chi connectivity index (χ2n) is 10.6. The summed E-state index contributed by atoms with van der Waals surface area (Å²) in [5, 5.41) is 0. The molecule has 174 valence electrons. The minimum Gasteiger partial charge on any atom is -0.378 e. The molecule has 31 heavy (non-hydrogen) atoms. The SMILES string of the molecule is CCCCCCOC1CCC2CC(c3cc4c(c(F)c3F)CC(CC)CC4)CCC2C1. The number of hydrogen-bond donors (Lipinski definition) is 0. The van der Waals surface area contributed by atoms with Gasteiger partial charge in [-0.1, -0.05) is 45.6 Å². The second kappa shape index (κ2) is 10.8. The first-order valence-corrected chi connectivity index (χ1v) is 13.2. The van der Waals surface area contributed by atoms with Gasteiger partial charge in [-0.05, 0) is 105 Å². The van der Waals surface area contributed by atoms with Crippen LogP contribution in [0.1, 0.15) is 114 Å². The first-order valence-electron chi connectivity index (χ1n) is 13.2. The van der Waals surface area contributed by atoms with Gasteiger partial charge in [0.1, 0.15) is 0 Å². The minimum absolute atomic E-state index is 0.191. The van der Waals surface area contributed by atoms with Crippen LogP contribution in [0.2, 0.25) is 0 Å². The van der Waals surface area contributed by atoms with Crippen LogP contribution in [0.3, 0.4) is 0 Å². The summed E-state index contributed by atoms with van der Waals surface area (Å²) in [5.74, 6) is 0.988. The van der Waals surface area contributed by atoms with E-state index in [0.717, 1.165) is 57.1 Å². The van der Waals surface area contributed by atoms with Gasteiger partial charge in [-0.25, -0.2) is 8.78 Å². The van der Waals surface area contributed by atoms with Gasteiger partial charge in [0.05, 0.1) is 6.10 Å². The predicted octanol–water partition coefficient (Wildman–Crippen LogP) is 8.13. The molecule has 1 aromatic carbocycles. The summed E-state index contributed by atoms with van der Waals surface area (Å²) in [6.07, 6.45) is 15.9. The molecule has 0 bridgehead atoms. The van der Waals surface area contributed by atoms with Gasteiger partial charge in [0.15, 0.2) is 11.6 Å². The largest absolute Gasteiger partial charge is 0.378 e. The lowest BCUT2D eigenvalue weighted by atomic mass is 9.65. The first-order chi connectivity index (χ1) is 15.1. The number of ether oxygens (including phenoxy) is 1. The van der Waals surface area contributed by atoms with Crippen molar-refractivity contribution in [1.29, 1.82) is 0 Å². The molecule has 0 spiro atoms. The van der Waals surface area contributed by atoms with Crippen molar-refractivity contribution < 1.29 is 13.5 Å². The van der Waals surface area contributed by atoms with Gasteiger partial charge >= 0.3 is 0 Å². The fourth-order valence-corrected chi connectivity index (χ4v) is 6.64. The van der Waals surface area contributed by atoms with E-state index in [0.29, 0.717) is 41.4 Å². The van der Waals surface area contributed by atoms with Crippen molar-refractivity contribution in [2.24, 2.45) is 17.8 Å². The van der Waals surface area contributed by atoms with Crippen molar-refractivity contribution in [3.8, 4) is 0 Å². The molecule has 4 rings (SSSR count). The number of aryl methyl sites for hydroxylation is 1. The molecule has 0 aliphatic heterocycles. The molecule has 1 aromatic rings. The molecule has 2 fully saturated rings. The van der Waals surface area contributed by atoms with Crippen molar-refractivity contribution in [3.63, 3.8) is 0 Å². The number of benzene rings is 1. The summed E-state index contributed by atoms with van der Waals surface area (Å²) in [6.45, 7) is 5.30. The Bertz CT molecular complexity index is 730. The quantitative estimate of drug-likeness (QED) is 0.377. The number of fused-ring (bicyclic) bond motifs is 2. The van der Waals surface area contributed by atoms with E-state index < -0.39 is 11.6 Å². The third-order valence-corrected chi connectivity index (χ3v) is 8.68. The van der Waals surface area contributed by atoms with Crippen LogP contribution in [0.4, 0.5) is 8.78 Å². The van der Waals surface area contributed by atoms with E-state index in [1.54, 1.807) is 0 Å². The van der Waals surface area contributed by atoms with Crippen LogP contribution in [-0.2, 0) is 17.6 Å². The Hall–Kier alpha value is -0.960. The molecule has 0 amide bonds. The standard InChI is InChI=1S/C28H42F2O/c1-3-5-6-7-14-31-24-13-12-20-16-22(11-10-21(20)17-24)26-18-23-9-8-19(4-2)15-25(23)27(29)28(26)30/h18-22,24H,3-17H2,1-2H3. The highest BCUT2D eigenvalue weighted by molar-refractivity contribution is 5.38. The summed E-state index contributed by atoms with van der Waals surface area (Å²) in [7, 11) is 0. The average molecular weight is 433 g/mol.